The molecule has 0 aromatic heterocycles. The van der Waals surface area contributed by atoms with Crippen LogP contribution in [0, 0.1) is 11.8 Å². The summed E-state index contributed by atoms with van der Waals surface area (Å²) in [5.74, 6) is 1.61. The largest absolute Gasteiger partial charge is 0.0988 e. The molecule has 2 atom stereocenters. The molecule has 0 heterocycles. The summed E-state index contributed by atoms with van der Waals surface area (Å²) in [7, 11) is 0. The number of allylic oxidation sites excluding steroid dienone is 3. The molecule has 56 valence electrons. The van der Waals surface area contributed by atoms with E-state index in [1.807, 2.05) is 6.08 Å². The van der Waals surface area contributed by atoms with Crippen LogP contribution >= 0.6 is 0 Å². The Balaban J connectivity index is 2.65. The van der Waals surface area contributed by atoms with Gasteiger partial charge >= 0.3 is 0 Å². The van der Waals surface area contributed by atoms with Crippen molar-refractivity contribution in [1.82, 2.24) is 0 Å². The zero-order chi connectivity index (χ0) is 7.56. The summed E-state index contributed by atoms with van der Waals surface area (Å²) in [4.78, 5) is 0. The molecule has 0 nitrogen and oxygen atoms in total. The molecule has 0 fully saturated rings. The topological polar surface area (TPSA) is 0 Å². The summed E-state index contributed by atoms with van der Waals surface area (Å²) in [6, 6.07) is 0. The maximum absolute atomic E-state index is 3.79. The summed E-state index contributed by atoms with van der Waals surface area (Å²) >= 11 is 0. The van der Waals surface area contributed by atoms with Gasteiger partial charge in [-0.3, -0.25) is 0 Å². The summed E-state index contributed by atoms with van der Waals surface area (Å²) < 4.78 is 0. The summed E-state index contributed by atoms with van der Waals surface area (Å²) in [5, 5.41) is 0. The summed E-state index contributed by atoms with van der Waals surface area (Å²) in [6.45, 7) is 8.38. The minimum atomic E-state index is 0.737. The van der Waals surface area contributed by atoms with Gasteiger partial charge in [-0.25, -0.2) is 0 Å². The Bertz CT molecular complexity index is 153. The molecule has 0 aliphatic heterocycles. The normalized spacial score (nSPS) is 33.2. The molecule has 1 aliphatic carbocycles. The first kappa shape index (κ1) is 7.59. The molecular weight excluding hydrogens is 120 g/mol. The Morgan fingerprint density at radius 1 is 1.60 bits per heavy atom. The average molecular weight is 136 g/mol. The van der Waals surface area contributed by atoms with Gasteiger partial charge in [0.15, 0.2) is 0 Å². The maximum atomic E-state index is 3.79. The molecule has 0 spiro atoms. The first-order valence-electron chi connectivity index (χ1n) is 4.06. The highest BCUT2D eigenvalue weighted by atomic mass is 14.2. The van der Waals surface area contributed by atoms with Crippen LogP contribution in [0.5, 0.6) is 0 Å². The first-order valence-corrected chi connectivity index (χ1v) is 4.06. The van der Waals surface area contributed by atoms with E-state index in [0.717, 1.165) is 11.8 Å². The van der Waals surface area contributed by atoms with E-state index in [9.17, 15) is 0 Å². The molecule has 0 amide bonds. The van der Waals surface area contributed by atoms with E-state index in [-0.39, 0.29) is 0 Å². The zero-order valence-corrected chi connectivity index (χ0v) is 6.93. The van der Waals surface area contributed by atoms with Crippen molar-refractivity contribution in [2.75, 3.05) is 0 Å². The number of hydrogen-bond donors (Lipinski definition) is 0. The fourth-order valence-electron chi connectivity index (χ4n) is 1.66. The van der Waals surface area contributed by atoms with Crippen LogP contribution in [0.1, 0.15) is 26.7 Å². The van der Waals surface area contributed by atoms with E-state index in [1.54, 1.807) is 0 Å². The van der Waals surface area contributed by atoms with Crippen molar-refractivity contribution in [2.45, 2.75) is 26.7 Å². The third kappa shape index (κ3) is 1.50. The molecule has 0 N–H and O–H groups in total. The van der Waals surface area contributed by atoms with Crippen molar-refractivity contribution in [3.05, 3.63) is 24.3 Å². The van der Waals surface area contributed by atoms with E-state index in [1.165, 1.54) is 18.4 Å². The second kappa shape index (κ2) is 3.05. The highest BCUT2D eigenvalue weighted by Crippen LogP contribution is 2.28. The minimum absolute atomic E-state index is 0.737. The summed E-state index contributed by atoms with van der Waals surface area (Å²) in [5.41, 5.74) is 1.44. The van der Waals surface area contributed by atoms with Gasteiger partial charge in [0, 0.05) is 0 Å². The Labute approximate surface area is 63.6 Å². The van der Waals surface area contributed by atoms with Crippen LogP contribution in [0.2, 0.25) is 0 Å². The van der Waals surface area contributed by atoms with Crippen LogP contribution in [0.25, 0.3) is 0 Å². The molecule has 0 bridgehead atoms. The van der Waals surface area contributed by atoms with Gasteiger partial charge in [0.1, 0.15) is 0 Å². The lowest BCUT2D eigenvalue weighted by Crippen LogP contribution is -2.09. The molecule has 0 heteroatoms. The van der Waals surface area contributed by atoms with E-state index in [0.29, 0.717) is 0 Å². The smallest absolute Gasteiger partial charge is 0.0191 e. The van der Waals surface area contributed by atoms with Gasteiger partial charge in [0.25, 0.3) is 0 Å². The quantitative estimate of drug-likeness (QED) is 0.519. The van der Waals surface area contributed by atoms with Crippen LogP contribution < -0.4 is 0 Å². The zero-order valence-electron chi connectivity index (χ0n) is 6.93. The monoisotopic (exact) mass is 136 g/mol. The van der Waals surface area contributed by atoms with Crippen molar-refractivity contribution in [1.29, 1.82) is 0 Å². The van der Waals surface area contributed by atoms with E-state index < -0.39 is 0 Å². The Morgan fingerprint density at radius 3 is 2.80 bits per heavy atom. The predicted molar refractivity (Wildman–Crippen MR) is 45.8 cm³/mol. The van der Waals surface area contributed by atoms with Gasteiger partial charge in [0.2, 0.25) is 0 Å². The molecule has 0 aromatic rings. The van der Waals surface area contributed by atoms with Crippen LogP contribution in [0.4, 0.5) is 0 Å². The second-order valence-electron chi connectivity index (χ2n) is 3.39. The molecule has 1 rings (SSSR count). The standard InChI is InChI=1S/C10H16/c1-4-10-6-5-8(2)7-9(10)3/h4,6,8-9H,1,5,7H2,2-3H3. The molecule has 2 unspecified atom stereocenters. The van der Waals surface area contributed by atoms with Crippen molar-refractivity contribution < 1.29 is 0 Å². The van der Waals surface area contributed by atoms with Crippen LogP contribution in [0.15, 0.2) is 24.3 Å². The van der Waals surface area contributed by atoms with Crippen LogP contribution in [-0.2, 0) is 0 Å². The fourth-order valence-corrected chi connectivity index (χ4v) is 1.66. The fraction of sp³-hybridized carbons (Fsp3) is 0.600. The molecule has 1 aliphatic rings. The minimum Gasteiger partial charge on any atom is -0.0988 e. The lowest BCUT2D eigenvalue weighted by atomic mass is 9.83. The molecule has 10 heavy (non-hydrogen) atoms. The SMILES string of the molecule is C=CC1=CCC(C)CC1C. The van der Waals surface area contributed by atoms with Crippen LogP contribution in [-0.4, -0.2) is 0 Å². The Kier molecular flexibility index (Phi) is 2.31. The Morgan fingerprint density at radius 2 is 2.30 bits per heavy atom. The van der Waals surface area contributed by atoms with Crippen molar-refractivity contribution >= 4 is 0 Å². The van der Waals surface area contributed by atoms with Crippen molar-refractivity contribution in [3.63, 3.8) is 0 Å². The molecule has 0 saturated carbocycles. The van der Waals surface area contributed by atoms with Gasteiger partial charge in [0.05, 0.1) is 0 Å². The second-order valence-corrected chi connectivity index (χ2v) is 3.39. The van der Waals surface area contributed by atoms with E-state index in [2.05, 4.69) is 26.5 Å². The lowest BCUT2D eigenvalue weighted by molar-refractivity contribution is 0.436. The Hall–Kier alpha value is -0.520. The number of rotatable bonds is 1. The van der Waals surface area contributed by atoms with E-state index in [4.69, 9.17) is 0 Å². The van der Waals surface area contributed by atoms with Gasteiger partial charge in [-0.05, 0) is 30.3 Å². The average Bonchev–Trinajstić information content (AvgIpc) is 1.88. The maximum Gasteiger partial charge on any atom is -0.0191 e. The third-order valence-electron chi connectivity index (χ3n) is 2.32. The highest BCUT2D eigenvalue weighted by molar-refractivity contribution is 5.21. The highest BCUT2D eigenvalue weighted by Gasteiger charge is 2.14. The van der Waals surface area contributed by atoms with E-state index >= 15 is 0 Å². The molecular formula is C10H16. The number of hydrogen-bond acceptors (Lipinski definition) is 0. The van der Waals surface area contributed by atoms with Crippen molar-refractivity contribution in [2.24, 2.45) is 11.8 Å². The van der Waals surface area contributed by atoms with Gasteiger partial charge in [-0.2, -0.15) is 0 Å². The third-order valence-corrected chi connectivity index (χ3v) is 2.32. The van der Waals surface area contributed by atoms with Gasteiger partial charge in [-0.15, -0.1) is 0 Å². The van der Waals surface area contributed by atoms with Gasteiger partial charge < -0.3 is 0 Å². The van der Waals surface area contributed by atoms with Gasteiger partial charge in [-0.1, -0.05) is 32.6 Å². The molecule has 0 saturated heterocycles. The first-order chi connectivity index (χ1) is 4.74. The lowest BCUT2D eigenvalue weighted by Gasteiger charge is -2.22. The summed E-state index contributed by atoms with van der Waals surface area (Å²) in [6.07, 6.45) is 6.89. The molecule has 0 aromatic carbocycles. The predicted octanol–water partition coefficient (Wildman–Crippen LogP) is 3.16. The molecule has 0 radical (unpaired) electrons. The van der Waals surface area contributed by atoms with Crippen LogP contribution in [0.3, 0.4) is 0 Å². The van der Waals surface area contributed by atoms with Crippen molar-refractivity contribution in [3.8, 4) is 0 Å².